The molecule has 2 aromatic carbocycles. The van der Waals surface area contributed by atoms with Gasteiger partial charge in [-0.2, -0.15) is 0 Å². The van der Waals surface area contributed by atoms with Crippen molar-refractivity contribution < 1.29 is 13.6 Å². The molecule has 146 valence electrons. The van der Waals surface area contributed by atoms with Crippen LogP contribution in [0.25, 0.3) is 0 Å². The number of rotatable bonds is 6. The zero-order valence-electron chi connectivity index (χ0n) is 15.2. The van der Waals surface area contributed by atoms with Crippen LogP contribution in [0.3, 0.4) is 0 Å². The van der Waals surface area contributed by atoms with Crippen molar-refractivity contribution >= 4 is 41.5 Å². The molecule has 2 rings (SSSR count). The summed E-state index contributed by atoms with van der Waals surface area (Å²) in [5.41, 5.74) is 1.95. The molecule has 0 radical (unpaired) electrons. The van der Waals surface area contributed by atoms with E-state index in [0.29, 0.717) is 30.3 Å². The average Bonchev–Trinajstić information content (AvgIpc) is 2.62. The van der Waals surface area contributed by atoms with E-state index in [0.717, 1.165) is 5.56 Å². The summed E-state index contributed by atoms with van der Waals surface area (Å²) in [6, 6.07) is 10.4. The first kappa shape index (κ1) is 22.8. The summed E-state index contributed by atoms with van der Waals surface area (Å²) < 4.78 is 26.2. The Morgan fingerprint density at radius 3 is 2.41 bits per heavy atom. The number of halogens is 3. The molecule has 0 bridgehead atoms. The van der Waals surface area contributed by atoms with Crippen LogP contribution in [0.5, 0.6) is 0 Å². The van der Waals surface area contributed by atoms with Crippen molar-refractivity contribution in [2.75, 3.05) is 18.4 Å². The number of aryl methyl sites for hydroxylation is 1. The summed E-state index contributed by atoms with van der Waals surface area (Å²) in [6.07, 6.45) is 0. The highest BCUT2D eigenvalue weighted by molar-refractivity contribution is 14.0. The highest BCUT2D eigenvalue weighted by Crippen LogP contribution is 2.10. The smallest absolute Gasteiger partial charge is 0.243 e. The molecule has 0 aliphatic carbocycles. The summed E-state index contributed by atoms with van der Waals surface area (Å²) in [4.78, 5) is 16.4. The molecule has 0 unspecified atom stereocenters. The quantitative estimate of drug-likeness (QED) is 0.331. The van der Waals surface area contributed by atoms with Gasteiger partial charge >= 0.3 is 0 Å². The van der Waals surface area contributed by atoms with Crippen molar-refractivity contribution in [1.82, 2.24) is 10.6 Å². The van der Waals surface area contributed by atoms with Gasteiger partial charge in [0.15, 0.2) is 5.96 Å². The fourth-order valence-corrected chi connectivity index (χ4v) is 2.22. The molecule has 0 atom stereocenters. The van der Waals surface area contributed by atoms with Gasteiger partial charge in [-0.25, -0.2) is 13.8 Å². The van der Waals surface area contributed by atoms with Crippen molar-refractivity contribution in [3.8, 4) is 0 Å². The van der Waals surface area contributed by atoms with Crippen molar-refractivity contribution in [2.24, 2.45) is 4.99 Å². The molecule has 0 aliphatic rings. The number of carbonyl (C=O) groups is 1. The molecule has 1 amide bonds. The monoisotopic (exact) mass is 488 g/mol. The predicted molar refractivity (Wildman–Crippen MR) is 114 cm³/mol. The van der Waals surface area contributed by atoms with Gasteiger partial charge in [0.2, 0.25) is 5.91 Å². The van der Waals surface area contributed by atoms with E-state index in [-0.39, 0.29) is 48.1 Å². The number of amides is 1. The molecule has 0 heterocycles. The van der Waals surface area contributed by atoms with Crippen LogP contribution >= 0.6 is 24.0 Å². The first-order valence-corrected chi connectivity index (χ1v) is 8.30. The zero-order chi connectivity index (χ0) is 18.9. The molecular formula is C19H23F2IN4O. The van der Waals surface area contributed by atoms with Gasteiger partial charge in [0, 0.05) is 12.2 Å². The van der Waals surface area contributed by atoms with E-state index in [1.54, 1.807) is 19.1 Å². The molecule has 0 spiro atoms. The van der Waals surface area contributed by atoms with Gasteiger partial charge in [-0.05, 0) is 55.3 Å². The minimum Gasteiger partial charge on any atom is -0.357 e. The van der Waals surface area contributed by atoms with Crippen LogP contribution in [0.1, 0.15) is 18.1 Å². The molecule has 0 fully saturated rings. The Morgan fingerprint density at radius 1 is 1.07 bits per heavy atom. The van der Waals surface area contributed by atoms with Crippen LogP contribution in [0.2, 0.25) is 0 Å². The molecular weight excluding hydrogens is 465 g/mol. The summed E-state index contributed by atoms with van der Waals surface area (Å²) >= 11 is 0. The molecule has 3 N–H and O–H groups in total. The molecule has 0 saturated carbocycles. The third kappa shape index (κ3) is 7.90. The molecule has 27 heavy (non-hydrogen) atoms. The van der Waals surface area contributed by atoms with E-state index in [1.807, 2.05) is 6.92 Å². The largest absolute Gasteiger partial charge is 0.357 e. The van der Waals surface area contributed by atoms with Crippen LogP contribution < -0.4 is 16.0 Å². The Morgan fingerprint density at radius 2 is 1.78 bits per heavy atom. The minimum absolute atomic E-state index is 0. The fraction of sp³-hybridized carbons (Fsp3) is 0.263. The minimum atomic E-state index is -0.362. The second-order valence-corrected chi connectivity index (χ2v) is 5.69. The molecule has 8 heteroatoms. The molecule has 0 aliphatic heterocycles. The van der Waals surface area contributed by atoms with Gasteiger partial charge < -0.3 is 16.0 Å². The van der Waals surface area contributed by atoms with Crippen LogP contribution in [-0.4, -0.2) is 25.0 Å². The second-order valence-electron chi connectivity index (χ2n) is 5.69. The SMILES string of the molecule is CCNC(=NCc1ccc(F)c(C)c1)NCC(=O)Nc1ccc(F)cc1.I. The molecule has 2 aromatic rings. The number of carbonyl (C=O) groups excluding carboxylic acids is 1. The van der Waals surface area contributed by atoms with Crippen molar-refractivity contribution in [2.45, 2.75) is 20.4 Å². The Kier molecular flexibility index (Phi) is 9.70. The molecule has 5 nitrogen and oxygen atoms in total. The first-order valence-electron chi connectivity index (χ1n) is 8.30. The van der Waals surface area contributed by atoms with Crippen LogP contribution in [0.15, 0.2) is 47.5 Å². The summed E-state index contributed by atoms with van der Waals surface area (Å²) in [5, 5.41) is 8.63. The summed E-state index contributed by atoms with van der Waals surface area (Å²) in [7, 11) is 0. The van der Waals surface area contributed by atoms with E-state index in [9.17, 15) is 13.6 Å². The van der Waals surface area contributed by atoms with Crippen molar-refractivity contribution in [1.29, 1.82) is 0 Å². The lowest BCUT2D eigenvalue weighted by molar-refractivity contribution is -0.115. The van der Waals surface area contributed by atoms with Crippen LogP contribution in [-0.2, 0) is 11.3 Å². The Balaban J connectivity index is 0.00000364. The molecule has 0 saturated heterocycles. The van der Waals surface area contributed by atoms with E-state index >= 15 is 0 Å². The number of hydrogen-bond acceptors (Lipinski definition) is 2. The zero-order valence-corrected chi connectivity index (χ0v) is 17.5. The standard InChI is InChI=1S/C19H22F2N4O.HI/c1-3-22-19(23-11-14-4-9-17(21)13(2)10-14)24-12-18(26)25-16-7-5-15(20)6-8-16;/h4-10H,3,11-12H2,1-2H3,(H,25,26)(H2,22,23,24);1H. The third-order valence-electron chi connectivity index (χ3n) is 3.53. The fourth-order valence-electron chi connectivity index (χ4n) is 2.22. The number of hydrogen-bond donors (Lipinski definition) is 3. The highest BCUT2D eigenvalue weighted by Gasteiger charge is 2.05. The van der Waals surface area contributed by atoms with E-state index < -0.39 is 0 Å². The number of aliphatic imine (C=N–C) groups is 1. The maximum absolute atomic E-state index is 13.3. The van der Waals surface area contributed by atoms with Gasteiger partial charge in [0.05, 0.1) is 13.1 Å². The predicted octanol–water partition coefficient (Wildman–Crippen LogP) is 3.59. The van der Waals surface area contributed by atoms with Gasteiger partial charge in [0.25, 0.3) is 0 Å². The van der Waals surface area contributed by atoms with Crippen molar-refractivity contribution in [3.05, 3.63) is 65.2 Å². The van der Waals surface area contributed by atoms with Crippen LogP contribution in [0.4, 0.5) is 14.5 Å². The number of anilines is 1. The second kappa shape index (κ2) is 11.5. The van der Waals surface area contributed by atoms with E-state index in [4.69, 9.17) is 0 Å². The van der Waals surface area contributed by atoms with Crippen LogP contribution in [0, 0.1) is 18.6 Å². The topological polar surface area (TPSA) is 65.5 Å². The number of nitrogens with zero attached hydrogens (tertiary/aromatic N) is 1. The number of benzene rings is 2. The lowest BCUT2D eigenvalue weighted by atomic mass is 10.1. The van der Waals surface area contributed by atoms with Gasteiger partial charge in [0.1, 0.15) is 11.6 Å². The van der Waals surface area contributed by atoms with E-state index in [2.05, 4.69) is 20.9 Å². The Bertz CT molecular complexity index is 782. The Labute approximate surface area is 174 Å². The van der Waals surface area contributed by atoms with E-state index in [1.165, 1.54) is 30.3 Å². The van der Waals surface area contributed by atoms with Crippen molar-refractivity contribution in [3.63, 3.8) is 0 Å². The lowest BCUT2D eigenvalue weighted by Gasteiger charge is -2.12. The van der Waals surface area contributed by atoms with Gasteiger partial charge in [-0.1, -0.05) is 12.1 Å². The highest BCUT2D eigenvalue weighted by atomic mass is 127. The Hall–Kier alpha value is -2.23. The molecule has 0 aromatic heterocycles. The summed E-state index contributed by atoms with van der Waals surface area (Å²) in [5.74, 6) is -0.414. The lowest BCUT2D eigenvalue weighted by Crippen LogP contribution is -2.41. The van der Waals surface area contributed by atoms with Gasteiger partial charge in [-0.3, -0.25) is 4.79 Å². The third-order valence-corrected chi connectivity index (χ3v) is 3.53. The number of nitrogens with one attached hydrogen (secondary N) is 3. The van der Waals surface area contributed by atoms with Gasteiger partial charge in [-0.15, -0.1) is 24.0 Å². The first-order chi connectivity index (χ1) is 12.5. The summed E-state index contributed by atoms with van der Waals surface area (Å²) in [6.45, 7) is 4.61. The maximum atomic E-state index is 13.3. The number of guanidine groups is 1. The average molecular weight is 488 g/mol. The maximum Gasteiger partial charge on any atom is 0.243 e. The normalized spacial score (nSPS) is 10.7.